The van der Waals surface area contributed by atoms with Crippen molar-refractivity contribution >= 4 is 5.91 Å². The molecule has 0 aromatic carbocycles. The van der Waals surface area contributed by atoms with Gasteiger partial charge in [-0.05, 0) is 39.4 Å². The molecule has 104 valence electrons. The summed E-state index contributed by atoms with van der Waals surface area (Å²) >= 11 is 0. The van der Waals surface area contributed by atoms with E-state index in [9.17, 15) is 4.79 Å². The van der Waals surface area contributed by atoms with Gasteiger partial charge >= 0.3 is 0 Å². The van der Waals surface area contributed by atoms with Crippen LogP contribution in [0, 0.1) is 0 Å². The molecule has 2 aliphatic rings. The fraction of sp³-hybridized carbons (Fsp3) is 0.923. The van der Waals surface area contributed by atoms with Crippen molar-refractivity contribution in [3.8, 4) is 0 Å². The summed E-state index contributed by atoms with van der Waals surface area (Å²) in [6.45, 7) is 5.69. The minimum absolute atomic E-state index is 0.0724. The van der Waals surface area contributed by atoms with E-state index >= 15 is 0 Å². The van der Waals surface area contributed by atoms with Gasteiger partial charge in [0.05, 0.1) is 6.61 Å². The van der Waals surface area contributed by atoms with Crippen LogP contribution in [0.2, 0.25) is 0 Å². The molecule has 2 saturated heterocycles. The number of likely N-dealkylation sites (tertiary alicyclic amines) is 2. The number of piperidine rings is 1. The van der Waals surface area contributed by atoms with Crippen LogP contribution in [0.4, 0.5) is 0 Å². The molecule has 0 aromatic heterocycles. The molecule has 1 unspecified atom stereocenters. The fourth-order valence-corrected chi connectivity index (χ4v) is 3.51. The van der Waals surface area contributed by atoms with Crippen molar-refractivity contribution in [1.29, 1.82) is 0 Å². The summed E-state index contributed by atoms with van der Waals surface area (Å²) < 4.78 is 0. The van der Waals surface area contributed by atoms with Gasteiger partial charge in [-0.1, -0.05) is 0 Å². The molecule has 1 amide bonds. The predicted octanol–water partition coefficient (Wildman–Crippen LogP) is -0.346. The number of carbonyl (C=O) groups excluding carboxylic acids is 1. The SMILES string of the molecule is CC(=O)NC1CN(C)C2(CCN(CCO)CC2)C1. The van der Waals surface area contributed by atoms with E-state index in [4.69, 9.17) is 5.11 Å². The minimum Gasteiger partial charge on any atom is -0.395 e. The molecule has 1 atom stereocenters. The van der Waals surface area contributed by atoms with Gasteiger partial charge in [0.1, 0.15) is 0 Å². The standard InChI is InChI=1S/C13H25N3O2/c1-11(18)14-12-9-13(15(2)10-12)3-5-16(6-4-13)7-8-17/h12,17H,3-10H2,1-2H3,(H,14,18). The number of nitrogens with zero attached hydrogens (tertiary/aromatic N) is 2. The molecule has 2 heterocycles. The summed E-state index contributed by atoms with van der Waals surface area (Å²) in [6, 6.07) is 0.303. The van der Waals surface area contributed by atoms with Crippen LogP contribution in [-0.2, 0) is 4.79 Å². The van der Waals surface area contributed by atoms with Crippen molar-refractivity contribution in [2.24, 2.45) is 0 Å². The summed E-state index contributed by atoms with van der Waals surface area (Å²) in [4.78, 5) is 15.9. The normalized spacial score (nSPS) is 28.7. The Bertz CT molecular complexity index is 301. The third kappa shape index (κ3) is 2.84. The van der Waals surface area contributed by atoms with Crippen LogP contribution in [0.3, 0.4) is 0 Å². The molecule has 0 bridgehead atoms. The number of nitrogens with one attached hydrogen (secondary N) is 1. The van der Waals surface area contributed by atoms with E-state index in [2.05, 4.69) is 22.2 Å². The Balaban J connectivity index is 1.91. The number of aliphatic hydroxyl groups excluding tert-OH is 1. The molecule has 0 radical (unpaired) electrons. The Kier molecular flexibility index (Phi) is 4.25. The van der Waals surface area contributed by atoms with Gasteiger partial charge in [0, 0.05) is 31.6 Å². The first kappa shape index (κ1) is 13.8. The van der Waals surface area contributed by atoms with Gasteiger partial charge in [0.25, 0.3) is 0 Å². The molecule has 2 aliphatic heterocycles. The van der Waals surface area contributed by atoms with Crippen molar-refractivity contribution < 1.29 is 9.90 Å². The van der Waals surface area contributed by atoms with Crippen molar-refractivity contribution in [3.63, 3.8) is 0 Å². The highest BCUT2D eigenvalue weighted by Gasteiger charge is 2.45. The molecule has 5 nitrogen and oxygen atoms in total. The van der Waals surface area contributed by atoms with Gasteiger partial charge < -0.3 is 15.3 Å². The molecule has 2 N–H and O–H groups in total. The maximum absolute atomic E-state index is 11.1. The van der Waals surface area contributed by atoms with E-state index in [0.717, 1.165) is 45.4 Å². The summed E-state index contributed by atoms with van der Waals surface area (Å²) in [5.41, 5.74) is 0.263. The lowest BCUT2D eigenvalue weighted by atomic mass is 9.84. The average Bonchev–Trinajstić information content (AvgIpc) is 2.58. The van der Waals surface area contributed by atoms with E-state index in [1.54, 1.807) is 6.92 Å². The van der Waals surface area contributed by atoms with Crippen molar-refractivity contribution in [2.45, 2.75) is 37.8 Å². The van der Waals surface area contributed by atoms with Crippen molar-refractivity contribution in [1.82, 2.24) is 15.1 Å². The highest BCUT2D eigenvalue weighted by Crippen LogP contribution is 2.37. The zero-order valence-electron chi connectivity index (χ0n) is 11.5. The summed E-state index contributed by atoms with van der Waals surface area (Å²) in [7, 11) is 2.17. The Morgan fingerprint density at radius 3 is 2.67 bits per heavy atom. The van der Waals surface area contributed by atoms with E-state index < -0.39 is 0 Å². The highest BCUT2D eigenvalue weighted by atomic mass is 16.3. The molecular weight excluding hydrogens is 230 g/mol. The number of aliphatic hydroxyl groups is 1. The lowest BCUT2D eigenvalue weighted by Gasteiger charge is -2.43. The minimum atomic E-state index is 0.0724. The van der Waals surface area contributed by atoms with Crippen LogP contribution < -0.4 is 5.32 Å². The zero-order chi connectivity index (χ0) is 13.2. The number of hydrogen-bond acceptors (Lipinski definition) is 4. The van der Waals surface area contributed by atoms with Crippen LogP contribution in [0.15, 0.2) is 0 Å². The molecule has 18 heavy (non-hydrogen) atoms. The monoisotopic (exact) mass is 255 g/mol. The number of carbonyl (C=O) groups is 1. The smallest absolute Gasteiger partial charge is 0.217 e. The van der Waals surface area contributed by atoms with Crippen LogP contribution in [-0.4, -0.2) is 72.2 Å². The zero-order valence-corrected chi connectivity index (χ0v) is 11.5. The maximum Gasteiger partial charge on any atom is 0.217 e. The molecule has 2 fully saturated rings. The van der Waals surface area contributed by atoms with Gasteiger partial charge in [0.15, 0.2) is 0 Å². The Morgan fingerprint density at radius 2 is 2.11 bits per heavy atom. The largest absolute Gasteiger partial charge is 0.395 e. The second-order valence-corrected chi connectivity index (χ2v) is 5.77. The maximum atomic E-state index is 11.1. The van der Waals surface area contributed by atoms with Gasteiger partial charge in [-0.25, -0.2) is 0 Å². The molecule has 0 aromatic rings. The first-order valence-corrected chi connectivity index (χ1v) is 6.87. The lowest BCUT2D eigenvalue weighted by molar-refractivity contribution is -0.119. The van der Waals surface area contributed by atoms with Crippen molar-refractivity contribution in [2.75, 3.05) is 39.8 Å². The predicted molar refractivity (Wildman–Crippen MR) is 70.3 cm³/mol. The molecule has 1 spiro atoms. The van der Waals surface area contributed by atoms with E-state index in [-0.39, 0.29) is 18.1 Å². The highest BCUT2D eigenvalue weighted by molar-refractivity contribution is 5.73. The topological polar surface area (TPSA) is 55.8 Å². The van der Waals surface area contributed by atoms with Gasteiger partial charge in [-0.15, -0.1) is 0 Å². The van der Waals surface area contributed by atoms with Crippen LogP contribution in [0.5, 0.6) is 0 Å². The molecule has 2 rings (SSSR count). The molecule has 0 saturated carbocycles. The molecular formula is C13H25N3O2. The number of hydrogen-bond donors (Lipinski definition) is 2. The Hall–Kier alpha value is -0.650. The van der Waals surface area contributed by atoms with E-state index in [1.165, 1.54) is 0 Å². The van der Waals surface area contributed by atoms with E-state index in [0.29, 0.717) is 6.04 Å². The third-order valence-electron chi connectivity index (χ3n) is 4.54. The third-order valence-corrected chi connectivity index (χ3v) is 4.54. The van der Waals surface area contributed by atoms with Crippen LogP contribution >= 0.6 is 0 Å². The van der Waals surface area contributed by atoms with E-state index in [1.807, 2.05) is 0 Å². The molecule has 0 aliphatic carbocycles. The quantitative estimate of drug-likeness (QED) is 0.724. The second-order valence-electron chi connectivity index (χ2n) is 5.77. The summed E-state index contributed by atoms with van der Waals surface area (Å²) in [6.07, 6.45) is 3.34. The Labute approximate surface area is 109 Å². The first-order chi connectivity index (χ1) is 8.55. The summed E-state index contributed by atoms with van der Waals surface area (Å²) in [5, 5.41) is 12.0. The van der Waals surface area contributed by atoms with Gasteiger partial charge in [-0.3, -0.25) is 9.69 Å². The average molecular weight is 255 g/mol. The number of likely N-dealkylation sites (N-methyl/N-ethyl adjacent to an activating group) is 1. The number of rotatable bonds is 3. The number of β-amino-alcohol motifs (C(OH)–C–C–N with tert-alkyl or cyclic N) is 1. The van der Waals surface area contributed by atoms with Crippen LogP contribution in [0.1, 0.15) is 26.2 Å². The first-order valence-electron chi connectivity index (χ1n) is 6.87. The Morgan fingerprint density at radius 1 is 1.44 bits per heavy atom. The second kappa shape index (κ2) is 5.55. The molecule has 5 heteroatoms. The number of amides is 1. The van der Waals surface area contributed by atoms with Gasteiger partial charge in [0.2, 0.25) is 5.91 Å². The van der Waals surface area contributed by atoms with Crippen molar-refractivity contribution in [3.05, 3.63) is 0 Å². The lowest BCUT2D eigenvalue weighted by Crippen LogP contribution is -2.51. The van der Waals surface area contributed by atoms with Crippen LogP contribution in [0.25, 0.3) is 0 Å². The fourth-order valence-electron chi connectivity index (χ4n) is 3.51. The summed E-state index contributed by atoms with van der Waals surface area (Å²) in [5.74, 6) is 0.0724. The van der Waals surface area contributed by atoms with Gasteiger partial charge in [-0.2, -0.15) is 0 Å².